The van der Waals surface area contributed by atoms with E-state index in [1.54, 1.807) is 11.9 Å². The van der Waals surface area contributed by atoms with Gasteiger partial charge in [-0.1, -0.05) is 6.07 Å². The van der Waals surface area contributed by atoms with E-state index in [0.29, 0.717) is 13.2 Å². The predicted molar refractivity (Wildman–Crippen MR) is 83.8 cm³/mol. The summed E-state index contributed by atoms with van der Waals surface area (Å²) in [6, 6.07) is 3.98. The van der Waals surface area contributed by atoms with Crippen LogP contribution in [-0.2, 0) is 15.9 Å². The van der Waals surface area contributed by atoms with Gasteiger partial charge in [0.2, 0.25) is 6.79 Å². The highest BCUT2D eigenvalue weighted by molar-refractivity contribution is 5.68. The summed E-state index contributed by atoms with van der Waals surface area (Å²) in [6.07, 6.45) is 0.226. The van der Waals surface area contributed by atoms with Gasteiger partial charge in [0, 0.05) is 12.6 Å². The van der Waals surface area contributed by atoms with Crippen molar-refractivity contribution in [2.24, 2.45) is 0 Å². The fourth-order valence-electron chi connectivity index (χ4n) is 2.81. The van der Waals surface area contributed by atoms with Gasteiger partial charge in [-0.15, -0.1) is 0 Å². The molecule has 3 rings (SSSR count). The van der Waals surface area contributed by atoms with Gasteiger partial charge in [0.25, 0.3) is 0 Å². The molecule has 1 aromatic rings. The Kier molecular flexibility index (Phi) is 4.10. The summed E-state index contributed by atoms with van der Waals surface area (Å²) in [5, 5.41) is 0. The molecule has 0 radical (unpaired) electrons. The third-order valence-electron chi connectivity index (χ3n) is 3.83. The number of amides is 1. The summed E-state index contributed by atoms with van der Waals surface area (Å²) in [4.78, 5) is 13.7. The van der Waals surface area contributed by atoms with Crippen molar-refractivity contribution in [1.29, 1.82) is 0 Å². The second kappa shape index (κ2) is 5.92. The van der Waals surface area contributed by atoms with Crippen molar-refractivity contribution in [3.05, 3.63) is 23.3 Å². The summed E-state index contributed by atoms with van der Waals surface area (Å²) in [7, 11) is 1.71. The molecule has 6 heteroatoms. The van der Waals surface area contributed by atoms with Crippen LogP contribution in [0, 0.1) is 0 Å². The van der Waals surface area contributed by atoms with Crippen molar-refractivity contribution in [3.8, 4) is 11.5 Å². The van der Waals surface area contributed by atoms with Crippen molar-refractivity contribution in [2.45, 2.75) is 38.9 Å². The lowest BCUT2D eigenvalue weighted by Crippen LogP contribution is -2.38. The predicted octanol–water partition coefficient (Wildman–Crippen LogP) is 2.90. The lowest BCUT2D eigenvalue weighted by Gasteiger charge is -2.31. The summed E-state index contributed by atoms with van der Waals surface area (Å²) in [5.74, 6) is 1.48. The van der Waals surface area contributed by atoms with Crippen LogP contribution in [0.15, 0.2) is 12.1 Å². The molecule has 1 unspecified atom stereocenters. The number of carbonyl (C=O) groups is 1. The molecule has 126 valence electrons. The van der Waals surface area contributed by atoms with Crippen LogP contribution >= 0.6 is 0 Å². The van der Waals surface area contributed by atoms with Crippen molar-refractivity contribution in [3.63, 3.8) is 0 Å². The number of fused-ring (bicyclic) bond motifs is 3. The number of hydrogen-bond acceptors (Lipinski definition) is 5. The van der Waals surface area contributed by atoms with Crippen LogP contribution in [0.4, 0.5) is 4.79 Å². The Hall–Kier alpha value is -1.95. The summed E-state index contributed by atoms with van der Waals surface area (Å²) >= 11 is 0. The lowest BCUT2D eigenvalue weighted by atomic mass is 9.95. The minimum Gasteiger partial charge on any atom is -0.454 e. The van der Waals surface area contributed by atoms with E-state index in [1.165, 1.54) is 5.56 Å². The molecule has 23 heavy (non-hydrogen) atoms. The van der Waals surface area contributed by atoms with Crippen LogP contribution in [0.3, 0.4) is 0 Å². The molecule has 0 aliphatic carbocycles. The molecule has 1 aromatic carbocycles. The minimum atomic E-state index is -0.519. The summed E-state index contributed by atoms with van der Waals surface area (Å²) in [5.41, 5.74) is 1.65. The molecule has 2 aliphatic rings. The first kappa shape index (κ1) is 15.9. The maximum atomic E-state index is 12.2. The zero-order chi connectivity index (χ0) is 16.6. The molecule has 0 bridgehead atoms. The van der Waals surface area contributed by atoms with Crippen LogP contribution in [-0.4, -0.2) is 43.6 Å². The number of rotatable bonds is 2. The standard InChI is InChI=1S/C17H23NO5/c1-17(2,3)23-16(19)18(4)9-13-14-11(7-8-20-13)5-6-12-15(14)22-10-21-12/h5-6,13H,7-10H2,1-4H3. The molecule has 2 heterocycles. The Morgan fingerprint density at radius 2 is 2.13 bits per heavy atom. The fourth-order valence-corrected chi connectivity index (χ4v) is 2.81. The normalized spacial score (nSPS) is 19.2. The molecule has 0 N–H and O–H groups in total. The van der Waals surface area contributed by atoms with Crippen molar-refractivity contribution < 1.29 is 23.7 Å². The van der Waals surface area contributed by atoms with Gasteiger partial charge in [0.1, 0.15) is 11.7 Å². The third-order valence-corrected chi connectivity index (χ3v) is 3.83. The topological polar surface area (TPSA) is 57.2 Å². The number of benzene rings is 1. The van der Waals surface area contributed by atoms with Crippen molar-refractivity contribution >= 4 is 6.09 Å². The summed E-state index contributed by atoms with van der Waals surface area (Å²) < 4.78 is 22.4. The van der Waals surface area contributed by atoms with E-state index in [2.05, 4.69) is 0 Å². The Morgan fingerprint density at radius 1 is 1.35 bits per heavy atom. The maximum Gasteiger partial charge on any atom is 0.410 e. The average Bonchev–Trinajstić information content (AvgIpc) is 2.94. The zero-order valence-corrected chi connectivity index (χ0v) is 14.0. The average molecular weight is 321 g/mol. The minimum absolute atomic E-state index is 0.223. The van der Waals surface area contributed by atoms with E-state index in [-0.39, 0.29) is 19.0 Å². The van der Waals surface area contributed by atoms with Crippen LogP contribution in [0.1, 0.15) is 38.0 Å². The largest absolute Gasteiger partial charge is 0.454 e. The van der Waals surface area contributed by atoms with E-state index in [9.17, 15) is 4.79 Å². The van der Waals surface area contributed by atoms with Crippen LogP contribution in [0.25, 0.3) is 0 Å². The van der Waals surface area contributed by atoms with Crippen molar-refractivity contribution in [2.75, 3.05) is 27.0 Å². The van der Waals surface area contributed by atoms with Gasteiger partial charge >= 0.3 is 6.09 Å². The van der Waals surface area contributed by atoms with E-state index in [0.717, 1.165) is 23.5 Å². The van der Waals surface area contributed by atoms with E-state index in [1.807, 2.05) is 32.9 Å². The molecule has 1 amide bonds. The Labute approximate surface area is 136 Å². The van der Waals surface area contributed by atoms with Gasteiger partial charge in [-0.2, -0.15) is 0 Å². The highest BCUT2D eigenvalue weighted by Crippen LogP contribution is 2.43. The van der Waals surface area contributed by atoms with Gasteiger partial charge in [0.15, 0.2) is 11.5 Å². The van der Waals surface area contributed by atoms with Crippen molar-refractivity contribution in [1.82, 2.24) is 4.90 Å². The highest BCUT2D eigenvalue weighted by atomic mass is 16.7. The molecule has 0 spiro atoms. The first-order valence-corrected chi connectivity index (χ1v) is 7.82. The fraction of sp³-hybridized carbons (Fsp3) is 0.588. The molecule has 0 saturated carbocycles. The first-order valence-electron chi connectivity index (χ1n) is 7.82. The van der Waals surface area contributed by atoms with E-state index in [4.69, 9.17) is 18.9 Å². The highest BCUT2D eigenvalue weighted by Gasteiger charge is 2.32. The SMILES string of the molecule is CN(CC1OCCc2ccc3c(c21)OCO3)C(=O)OC(C)(C)C. The van der Waals surface area contributed by atoms with E-state index >= 15 is 0 Å². The Balaban J connectivity index is 1.78. The quantitative estimate of drug-likeness (QED) is 0.838. The second-order valence-corrected chi connectivity index (χ2v) is 6.84. The molecule has 0 aromatic heterocycles. The monoisotopic (exact) mass is 321 g/mol. The molecule has 2 aliphatic heterocycles. The number of likely N-dealkylation sites (N-methyl/N-ethyl adjacent to an activating group) is 1. The summed E-state index contributed by atoms with van der Waals surface area (Å²) in [6.45, 7) is 6.80. The van der Waals surface area contributed by atoms with Gasteiger partial charge in [0.05, 0.1) is 13.2 Å². The Morgan fingerprint density at radius 3 is 2.87 bits per heavy atom. The molecule has 0 saturated heterocycles. The molecule has 0 fully saturated rings. The van der Waals surface area contributed by atoms with Gasteiger partial charge in [-0.3, -0.25) is 0 Å². The Bertz CT molecular complexity index is 608. The van der Waals surface area contributed by atoms with Gasteiger partial charge in [-0.25, -0.2) is 4.79 Å². The number of carbonyl (C=O) groups excluding carboxylic acids is 1. The maximum absolute atomic E-state index is 12.2. The van der Waals surface area contributed by atoms with E-state index < -0.39 is 5.60 Å². The van der Waals surface area contributed by atoms with Gasteiger partial charge < -0.3 is 23.8 Å². The molecular weight excluding hydrogens is 298 g/mol. The molecular formula is C17H23NO5. The molecule has 1 atom stereocenters. The van der Waals surface area contributed by atoms with Crippen LogP contribution in [0.5, 0.6) is 11.5 Å². The first-order chi connectivity index (χ1) is 10.8. The third kappa shape index (κ3) is 3.37. The number of nitrogens with zero attached hydrogens (tertiary/aromatic N) is 1. The zero-order valence-electron chi connectivity index (χ0n) is 14.0. The lowest BCUT2D eigenvalue weighted by molar-refractivity contribution is -0.00259. The van der Waals surface area contributed by atoms with Crippen LogP contribution < -0.4 is 9.47 Å². The second-order valence-electron chi connectivity index (χ2n) is 6.84. The molecule has 6 nitrogen and oxygen atoms in total. The van der Waals surface area contributed by atoms with Crippen LogP contribution in [0.2, 0.25) is 0 Å². The smallest absolute Gasteiger partial charge is 0.410 e. The number of hydrogen-bond donors (Lipinski definition) is 0. The number of ether oxygens (including phenoxy) is 4. The van der Waals surface area contributed by atoms with Gasteiger partial charge in [-0.05, 0) is 38.8 Å².